The molecule has 0 spiro atoms. The van der Waals surface area contributed by atoms with Crippen LogP contribution in [-0.4, -0.2) is 23.0 Å². The molecular weight excluding hydrogens is 284 g/mol. The van der Waals surface area contributed by atoms with E-state index in [0.29, 0.717) is 22.5 Å². The number of rotatable bonds is 4. The summed E-state index contributed by atoms with van der Waals surface area (Å²) in [7, 11) is 0. The molecule has 0 bridgehead atoms. The van der Waals surface area contributed by atoms with Crippen molar-refractivity contribution in [2.75, 3.05) is 17.6 Å². The topological polar surface area (TPSA) is 80.0 Å². The van der Waals surface area contributed by atoms with Gasteiger partial charge in [0.25, 0.3) is 5.91 Å². The van der Waals surface area contributed by atoms with Crippen LogP contribution in [0.2, 0.25) is 0 Å². The summed E-state index contributed by atoms with van der Waals surface area (Å²) in [6.07, 6.45) is 0. The highest BCUT2D eigenvalue weighted by Crippen LogP contribution is 2.28. The first-order valence-electron chi connectivity index (χ1n) is 7.23. The number of hydrogen-bond acceptors (Lipinski definition) is 5. The molecule has 1 amide bonds. The Labute approximate surface area is 131 Å². The lowest BCUT2D eigenvalue weighted by Crippen LogP contribution is -2.33. The quantitative estimate of drug-likeness (QED) is 0.796. The Morgan fingerprint density at radius 3 is 2.33 bits per heavy atom. The number of carbonyl (C=O) groups is 1. The third kappa shape index (κ3) is 5.53. The Morgan fingerprint density at radius 1 is 1.29 bits per heavy atom. The Morgan fingerprint density at radius 2 is 1.86 bits per heavy atom. The van der Waals surface area contributed by atoms with Crippen molar-refractivity contribution < 1.29 is 4.79 Å². The minimum atomic E-state index is -0.150. The number of nitrogens with one attached hydrogen (secondary N) is 2. The Kier molecular flexibility index (Phi) is 5.25. The maximum Gasteiger partial charge on any atom is 0.265 e. The Bertz CT molecular complexity index is 497. The van der Waals surface area contributed by atoms with E-state index < -0.39 is 0 Å². The van der Waals surface area contributed by atoms with E-state index in [1.807, 2.05) is 20.8 Å². The van der Waals surface area contributed by atoms with Crippen LogP contribution in [0.15, 0.2) is 0 Å². The van der Waals surface area contributed by atoms with Crippen LogP contribution in [0.25, 0.3) is 0 Å². The van der Waals surface area contributed by atoms with Crippen LogP contribution in [0.3, 0.4) is 0 Å². The van der Waals surface area contributed by atoms with Crippen LogP contribution in [0.1, 0.15) is 58.1 Å². The van der Waals surface area contributed by atoms with Gasteiger partial charge in [-0.25, -0.2) is 4.98 Å². The second-order valence-corrected chi connectivity index (χ2v) is 8.58. The zero-order valence-electron chi connectivity index (χ0n) is 14.1. The summed E-state index contributed by atoms with van der Waals surface area (Å²) >= 11 is 1.29. The molecule has 0 radical (unpaired) electrons. The van der Waals surface area contributed by atoms with E-state index in [1.54, 1.807) is 0 Å². The lowest BCUT2D eigenvalue weighted by molar-refractivity contribution is 0.0942. The molecule has 0 fully saturated rings. The van der Waals surface area contributed by atoms with Crippen LogP contribution in [0.4, 0.5) is 10.9 Å². The monoisotopic (exact) mass is 312 g/mol. The number of amides is 1. The molecule has 1 unspecified atom stereocenters. The van der Waals surface area contributed by atoms with E-state index in [2.05, 4.69) is 43.3 Å². The fourth-order valence-corrected chi connectivity index (χ4v) is 2.51. The highest BCUT2D eigenvalue weighted by Gasteiger charge is 2.23. The number of nitrogen functional groups attached to an aromatic ring is 1. The molecule has 6 heteroatoms. The largest absolute Gasteiger partial charge is 0.382 e. The number of anilines is 2. The standard InChI is InChI=1S/C15H28N4OS/c1-9(14(2,3)4)8-17-12(20)10-11(16)18-13(21-10)19-15(5,6)7/h9H,8,16H2,1-7H3,(H,17,20)(H,18,19). The van der Waals surface area contributed by atoms with Gasteiger partial charge in [-0.05, 0) is 32.1 Å². The SMILES string of the molecule is CC(CNC(=O)c1sc(NC(C)(C)C)nc1N)C(C)(C)C. The molecule has 1 aromatic rings. The van der Waals surface area contributed by atoms with Gasteiger partial charge in [0.1, 0.15) is 10.7 Å². The molecule has 1 rings (SSSR count). The summed E-state index contributed by atoms with van der Waals surface area (Å²) in [4.78, 5) is 16.9. The van der Waals surface area contributed by atoms with Crippen molar-refractivity contribution in [3.63, 3.8) is 0 Å². The molecule has 5 nitrogen and oxygen atoms in total. The number of hydrogen-bond donors (Lipinski definition) is 3. The normalized spacial score (nSPS) is 13.9. The van der Waals surface area contributed by atoms with E-state index in [0.717, 1.165) is 0 Å². The van der Waals surface area contributed by atoms with Crippen LogP contribution >= 0.6 is 11.3 Å². The minimum Gasteiger partial charge on any atom is -0.382 e. The average molecular weight is 312 g/mol. The van der Waals surface area contributed by atoms with Gasteiger partial charge in [-0.15, -0.1) is 0 Å². The fraction of sp³-hybridized carbons (Fsp3) is 0.733. The van der Waals surface area contributed by atoms with Crippen LogP contribution < -0.4 is 16.4 Å². The second kappa shape index (κ2) is 6.22. The van der Waals surface area contributed by atoms with Gasteiger partial charge in [0.2, 0.25) is 0 Å². The molecule has 0 aliphatic carbocycles. The highest BCUT2D eigenvalue weighted by atomic mass is 32.1. The molecule has 0 aromatic carbocycles. The molecular formula is C15H28N4OS. The lowest BCUT2D eigenvalue weighted by Gasteiger charge is -2.27. The van der Waals surface area contributed by atoms with Gasteiger partial charge < -0.3 is 16.4 Å². The molecule has 120 valence electrons. The van der Waals surface area contributed by atoms with Crippen molar-refractivity contribution in [1.29, 1.82) is 0 Å². The molecule has 1 heterocycles. The van der Waals surface area contributed by atoms with E-state index in [9.17, 15) is 4.79 Å². The van der Waals surface area contributed by atoms with Crippen LogP contribution in [0.5, 0.6) is 0 Å². The number of nitrogens with two attached hydrogens (primary N) is 1. The molecule has 0 saturated heterocycles. The van der Waals surface area contributed by atoms with Crippen molar-refractivity contribution in [1.82, 2.24) is 10.3 Å². The summed E-state index contributed by atoms with van der Waals surface area (Å²) in [5.41, 5.74) is 5.90. The Balaban J connectivity index is 2.71. The zero-order valence-corrected chi connectivity index (χ0v) is 14.9. The molecule has 1 aromatic heterocycles. The smallest absolute Gasteiger partial charge is 0.265 e. The van der Waals surface area contributed by atoms with Crippen molar-refractivity contribution in [2.45, 2.75) is 54.0 Å². The number of nitrogens with zero attached hydrogens (tertiary/aromatic N) is 1. The second-order valence-electron chi connectivity index (χ2n) is 7.59. The maximum absolute atomic E-state index is 12.2. The third-order valence-electron chi connectivity index (χ3n) is 3.39. The molecule has 21 heavy (non-hydrogen) atoms. The summed E-state index contributed by atoms with van der Waals surface area (Å²) in [5.74, 6) is 0.512. The first-order chi connectivity index (χ1) is 9.40. The van der Waals surface area contributed by atoms with Gasteiger partial charge in [0.05, 0.1) is 0 Å². The summed E-state index contributed by atoms with van der Waals surface area (Å²) < 4.78 is 0. The summed E-state index contributed by atoms with van der Waals surface area (Å²) in [6, 6.07) is 0. The lowest BCUT2D eigenvalue weighted by atomic mass is 9.82. The predicted octanol–water partition coefficient (Wildman–Crippen LogP) is 3.35. The summed E-state index contributed by atoms with van der Waals surface area (Å²) in [6.45, 7) is 15.4. The predicted molar refractivity (Wildman–Crippen MR) is 90.9 cm³/mol. The first kappa shape index (κ1) is 17.8. The summed E-state index contributed by atoms with van der Waals surface area (Å²) in [5, 5.41) is 6.85. The molecule has 1 atom stereocenters. The van der Waals surface area contributed by atoms with Crippen LogP contribution in [0, 0.1) is 11.3 Å². The number of carbonyl (C=O) groups excluding carboxylic acids is 1. The van der Waals surface area contributed by atoms with Crippen molar-refractivity contribution in [3.05, 3.63) is 4.88 Å². The molecule has 0 aliphatic heterocycles. The maximum atomic E-state index is 12.2. The van der Waals surface area contributed by atoms with Crippen molar-refractivity contribution in [2.24, 2.45) is 11.3 Å². The Hall–Kier alpha value is -1.30. The van der Waals surface area contributed by atoms with Gasteiger partial charge in [-0.1, -0.05) is 39.0 Å². The molecule has 0 saturated carbocycles. The molecule has 4 N–H and O–H groups in total. The zero-order chi connectivity index (χ0) is 16.4. The van der Waals surface area contributed by atoms with Gasteiger partial charge in [0.15, 0.2) is 5.13 Å². The number of thiazole rings is 1. The van der Waals surface area contributed by atoms with E-state index in [1.165, 1.54) is 11.3 Å². The molecule has 0 aliphatic rings. The van der Waals surface area contributed by atoms with Gasteiger partial charge in [-0.3, -0.25) is 4.79 Å². The van der Waals surface area contributed by atoms with E-state index in [-0.39, 0.29) is 22.7 Å². The number of aromatic nitrogens is 1. The fourth-order valence-electron chi connectivity index (χ4n) is 1.50. The van der Waals surface area contributed by atoms with Gasteiger partial charge in [0, 0.05) is 12.1 Å². The first-order valence-corrected chi connectivity index (χ1v) is 8.04. The third-order valence-corrected chi connectivity index (χ3v) is 4.37. The van der Waals surface area contributed by atoms with Gasteiger partial charge in [-0.2, -0.15) is 0 Å². The van der Waals surface area contributed by atoms with Crippen molar-refractivity contribution in [3.8, 4) is 0 Å². The van der Waals surface area contributed by atoms with E-state index in [4.69, 9.17) is 5.73 Å². The average Bonchev–Trinajstić information content (AvgIpc) is 2.62. The van der Waals surface area contributed by atoms with Crippen LogP contribution in [-0.2, 0) is 0 Å². The van der Waals surface area contributed by atoms with Crippen molar-refractivity contribution >= 4 is 28.2 Å². The van der Waals surface area contributed by atoms with Gasteiger partial charge >= 0.3 is 0 Å². The highest BCUT2D eigenvalue weighted by molar-refractivity contribution is 7.18. The minimum absolute atomic E-state index is 0.112. The van der Waals surface area contributed by atoms with E-state index >= 15 is 0 Å².